The Morgan fingerprint density at radius 1 is 1.08 bits per heavy atom. The number of aliphatic hydroxyl groups excluding tert-OH is 1. The van der Waals surface area contributed by atoms with Gasteiger partial charge in [-0.2, -0.15) is 0 Å². The van der Waals surface area contributed by atoms with Crippen molar-refractivity contribution in [2.75, 3.05) is 52.6 Å². The number of benzene rings is 2. The maximum Gasteiger partial charge on any atom is 0.295 e. The lowest BCUT2D eigenvalue weighted by molar-refractivity contribution is -0.140. The van der Waals surface area contributed by atoms with Crippen LogP contribution in [0.2, 0.25) is 0 Å². The van der Waals surface area contributed by atoms with E-state index in [1.54, 1.807) is 35.2 Å². The Morgan fingerprint density at radius 3 is 2.45 bits per heavy atom. The first kappa shape index (κ1) is 27.4. The molecule has 2 saturated heterocycles. The third-order valence-corrected chi connectivity index (χ3v) is 6.84. The standard InChI is InChI=1S/C30H36N2O6/c1-4-17-38-23-9-7-22(8-10-23)27-26(28(33)25-12-11-24(37-5-2)20-21(25)3)29(34)30(35)32(27)14-6-13-31-15-18-36-19-16-31/h4,7-12,20,27,33H,1,5-6,13-19H2,2-3H3/b28-26+. The summed E-state index contributed by atoms with van der Waals surface area (Å²) in [6, 6.07) is 11.9. The molecule has 0 aromatic heterocycles. The molecule has 8 heteroatoms. The van der Waals surface area contributed by atoms with Gasteiger partial charge in [0, 0.05) is 31.7 Å². The molecule has 0 aliphatic carbocycles. The molecule has 1 amide bonds. The summed E-state index contributed by atoms with van der Waals surface area (Å²) in [5.41, 5.74) is 2.06. The fourth-order valence-electron chi connectivity index (χ4n) is 4.95. The Kier molecular flexibility index (Phi) is 9.20. The highest BCUT2D eigenvalue weighted by Gasteiger charge is 2.46. The summed E-state index contributed by atoms with van der Waals surface area (Å²) in [5, 5.41) is 11.4. The van der Waals surface area contributed by atoms with Gasteiger partial charge < -0.3 is 24.2 Å². The minimum Gasteiger partial charge on any atom is -0.507 e. The zero-order chi connectivity index (χ0) is 27.1. The molecule has 2 aliphatic rings. The van der Waals surface area contributed by atoms with Crippen LogP contribution in [0, 0.1) is 6.92 Å². The molecular formula is C30H36N2O6. The number of carbonyl (C=O) groups excluding carboxylic acids is 2. The predicted molar refractivity (Wildman–Crippen MR) is 145 cm³/mol. The van der Waals surface area contributed by atoms with E-state index >= 15 is 0 Å². The topological polar surface area (TPSA) is 88.5 Å². The molecule has 202 valence electrons. The third kappa shape index (κ3) is 6.09. The number of Topliss-reactive ketones (excluding diaryl/α,β-unsaturated/α-hetero) is 1. The minimum absolute atomic E-state index is 0.0911. The van der Waals surface area contributed by atoms with Crippen molar-refractivity contribution in [2.45, 2.75) is 26.3 Å². The van der Waals surface area contributed by atoms with E-state index in [4.69, 9.17) is 14.2 Å². The van der Waals surface area contributed by atoms with E-state index in [-0.39, 0.29) is 11.3 Å². The van der Waals surface area contributed by atoms with E-state index in [0.717, 1.165) is 30.8 Å². The molecule has 1 N–H and O–H groups in total. The Hall–Kier alpha value is -3.62. The number of hydrogen-bond donors (Lipinski definition) is 1. The zero-order valence-corrected chi connectivity index (χ0v) is 22.2. The van der Waals surface area contributed by atoms with E-state index in [2.05, 4.69) is 11.5 Å². The van der Waals surface area contributed by atoms with Crippen LogP contribution in [0.3, 0.4) is 0 Å². The highest BCUT2D eigenvalue weighted by Crippen LogP contribution is 2.40. The zero-order valence-electron chi connectivity index (χ0n) is 22.2. The van der Waals surface area contributed by atoms with Crippen LogP contribution in [0.4, 0.5) is 0 Å². The second-order valence-corrected chi connectivity index (χ2v) is 9.38. The van der Waals surface area contributed by atoms with Crippen molar-refractivity contribution in [2.24, 2.45) is 0 Å². The summed E-state index contributed by atoms with van der Waals surface area (Å²) in [7, 11) is 0. The molecule has 8 nitrogen and oxygen atoms in total. The number of carbonyl (C=O) groups is 2. The Bertz CT molecular complexity index is 1180. The largest absolute Gasteiger partial charge is 0.507 e. The minimum atomic E-state index is -0.709. The molecule has 2 heterocycles. The number of ether oxygens (including phenoxy) is 3. The van der Waals surface area contributed by atoms with E-state index in [0.29, 0.717) is 56.5 Å². The van der Waals surface area contributed by atoms with Crippen LogP contribution in [-0.2, 0) is 14.3 Å². The predicted octanol–water partition coefficient (Wildman–Crippen LogP) is 4.10. The summed E-state index contributed by atoms with van der Waals surface area (Å²) in [6.07, 6.45) is 2.36. The molecule has 38 heavy (non-hydrogen) atoms. The SMILES string of the molecule is C=CCOc1ccc(C2/C(=C(\O)c3ccc(OCC)cc3C)C(=O)C(=O)N2CCCN2CCOCC2)cc1. The normalized spacial score (nSPS) is 19.5. The van der Waals surface area contributed by atoms with Crippen molar-refractivity contribution in [3.8, 4) is 11.5 Å². The van der Waals surface area contributed by atoms with Gasteiger partial charge in [-0.15, -0.1) is 0 Å². The number of aryl methyl sites for hydroxylation is 1. The first-order valence-corrected chi connectivity index (χ1v) is 13.1. The maximum absolute atomic E-state index is 13.4. The Morgan fingerprint density at radius 2 is 1.79 bits per heavy atom. The average Bonchev–Trinajstić information content (AvgIpc) is 3.18. The molecule has 0 bridgehead atoms. The molecule has 1 atom stereocenters. The number of aliphatic hydroxyl groups is 1. The van der Waals surface area contributed by atoms with Crippen LogP contribution in [0.5, 0.6) is 11.5 Å². The van der Waals surface area contributed by atoms with Crippen molar-refractivity contribution >= 4 is 17.4 Å². The van der Waals surface area contributed by atoms with Crippen molar-refractivity contribution in [1.29, 1.82) is 0 Å². The van der Waals surface area contributed by atoms with Gasteiger partial charge in [-0.05, 0) is 61.7 Å². The van der Waals surface area contributed by atoms with Gasteiger partial charge in [-0.3, -0.25) is 14.5 Å². The van der Waals surface area contributed by atoms with Gasteiger partial charge in [0.2, 0.25) is 0 Å². The molecule has 0 spiro atoms. The van der Waals surface area contributed by atoms with Crippen LogP contribution >= 0.6 is 0 Å². The monoisotopic (exact) mass is 520 g/mol. The molecule has 2 aromatic carbocycles. The lowest BCUT2D eigenvalue weighted by atomic mass is 9.93. The van der Waals surface area contributed by atoms with Gasteiger partial charge in [-0.1, -0.05) is 24.8 Å². The third-order valence-electron chi connectivity index (χ3n) is 6.84. The van der Waals surface area contributed by atoms with Crippen molar-refractivity contribution in [3.63, 3.8) is 0 Å². The number of rotatable bonds is 11. The van der Waals surface area contributed by atoms with Gasteiger partial charge in [0.15, 0.2) is 0 Å². The molecule has 4 rings (SSSR count). The molecule has 1 unspecified atom stereocenters. The van der Waals surface area contributed by atoms with Crippen LogP contribution < -0.4 is 9.47 Å². The number of likely N-dealkylation sites (tertiary alicyclic amines) is 1. The molecule has 0 saturated carbocycles. The van der Waals surface area contributed by atoms with Gasteiger partial charge in [-0.25, -0.2) is 0 Å². The highest BCUT2D eigenvalue weighted by molar-refractivity contribution is 6.46. The van der Waals surface area contributed by atoms with Gasteiger partial charge >= 0.3 is 0 Å². The molecule has 2 fully saturated rings. The smallest absolute Gasteiger partial charge is 0.295 e. The first-order valence-electron chi connectivity index (χ1n) is 13.1. The molecule has 0 radical (unpaired) electrons. The van der Waals surface area contributed by atoms with Crippen molar-refractivity contribution < 1.29 is 28.9 Å². The van der Waals surface area contributed by atoms with Gasteiger partial charge in [0.1, 0.15) is 23.9 Å². The summed E-state index contributed by atoms with van der Waals surface area (Å²) in [6.45, 7) is 12.6. The maximum atomic E-state index is 13.4. The summed E-state index contributed by atoms with van der Waals surface area (Å²) in [4.78, 5) is 30.5. The number of ketones is 1. The van der Waals surface area contributed by atoms with E-state index in [1.807, 2.05) is 32.0 Å². The second kappa shape index (κ2) is 12.8. The fraction of sp³-hybridized carbons (Fsp3) is 0.400. The van der Waals surface area contributed by atoms with Gasteiger partial charge in [0.05, 0.1) is 31.4 Å². The number of hydrogen-bond acceptors (Lipinski definition) is 7. The summed E-state index contributed by atoms with van der Waals surface area (Å²) >= 11 is 0. The molecular weight excluding hydrogens is 484 g/mol. The average molecular weight is 521 g/mol. The second-order valence-electron chi connectivity index (χ2n) is 9.38. The molecule has 2 aliphatic heterocycles. The van der Waals surface area contributed by atoms with Crippen molar-refractivity contribution in [1.82, 2.24) is 9.80 Å². The van der Waals surface area contributed by atoms with Crippen molar-refractivity contribution in [3.05, 3.63) is 77.4 Å². The lowest BCUT2D eigenvalue weighted by Crippen LogP contribution is -2.38. The van der Waals surface area contributed by atoms with Crippen LogP contribution in [0.15, 0.2) is 60.7 Å². The lowest BCUT2D eigenvalue weighted by Gasteiger charge is -2.29. The van der Waals surface area contributed by atoms with Crippen LogP contribution in [-0.4, -0.2) is 79.2 Å². The van der Waals surface area contributed by atoms with E-state index < -0.39 is 17.7 Å². The number of nitrogens with zero attached hydrogens (tertiary/aromatic N) is 2. The van der Waals surface area contributed by atoms with Crippen LogP contribution in [0.25, 0.3) is 5.76 Å². The Balaban J connectivity index is 1.68. The first-order chi connectivity index (χ1) is 18.4. The summed E-state index contributed by atoms with van der Waals surface area (Å²) in [5.74, 6) is -0.137. The van der Waals surface area contributed by atoms with E-state index in [1.165, 1.54) is 0 Å². The van der Waals surface area contributed by atoms with E-state index in [9.17, 15) is 14.7 Å². The Labute approximate surface area is 224 Å². The van der Waals surface area contributed by atoms with Crippen LogP contribution in [0.1, 0.15) is 36.1 Å². The quantitative estimate of drug-likeness (QED) is 0.207. The fourth-order valence-corrected chi connectivity index (χ4v) is 4.95. The van der Waals surface area contributed by atoms with Gasteiger partial charge in [0.25, 0.3) is 11.7 Å². The number of morpholine rings is 1. The molecule has 2 aromatic rings. The summed E-state index contributed by atoms with van der Waals surface area (Å²) < 4.78 is 16.6. The highest BCUT2D eigenvalue weighted by atomic mass is 16.5. The number of amides is 1.